The fraction of sp³-hybridized carbons (Fsp3) is 0.538. The molecule has 1 atom stereocenters. The molecule has 1 heterocycles. The van der Waals surface area contributed by atoms with E-state index in [1.807, 2.05) is 25.1 Å². The van der Waals surface area contributed by atoms with Gasteiger partial charge in [0.25, 0.3) is 0 Å². The lowest BCUT2D eigenvalue weighted by Crippen LogP contribution is -2.27. The Bertz CT molecular complexity index is 530. The molecule has 5 nitrogen and oxygen atoms in total. The number of hydrogen-bond donors (Lipinski definition) is 0. The van der Waals surface area contributed by atoms with Crippen molar-refractivity contribution in [1.82, 2.24) is 9.78 Å². The van der Waals surface area contributed by atoms with E-state index >= 15 is 0 Å². The number of carbonyl (C=O) groups excluding carboxylic acids is 1. The highest BCUT2D eigenvalue weighted by atomic mass is 16.2. The lowest BCUT2D eigenvalue weighted by atomic mass is 9.79. The Labute approximate surface area is 107 Å². The molecular formula is C13H16N4O. The van der Waals surface area contributed by atoms with E-state index in [2.05, 4.69) is 5.10 Å². The number of aromatic nitrogens is 2. The van der Waals surface area contributed by atoms with Crippen LogP contribution < -0.4 is 0 Å². The zero-order valence-electron chi connectivity index (χ0n) is 11.1. The molecule has 18 heavy (non-hydrogen) atoms. The maximum atomic E-state index is 12.0. The van der Waals surface area contributed by atoms with Gasteiger partial charge in [0.15, 0.2) is 0 Å². The van der Waals surface area contributed by atoms with Crippen molar-refractivity contribution in [2.24, 2.45) is 11.3 Å². The standard InChI is InChI=1S/C13H16N4O/c1-9(13(4,7-14)8-15)5-12(18)17-11(3)6-10(2)16-17/h6,9H,5H2,1-4H3. The molecule has 0 radical (unpaired) electrons. The van der Waals surface area contributed by atoms with Crippen LogP contribution in [-0.2, 0) is 0 Å². The molecule has 1 aromatic heterocycles. The lowest BCUT2D eigenvalue weighted by molar-refractivity contribution is 0.0847. The van der Waals surface area contributed by atoms with Crippen LogP contribution >= 0.6 is 0 Å². The SMILES string of the molecule is Cc1cc(C)n(C(=O)CC(C)C(C)(C#N)C#N)n1. The van der Waals surface area contributed by atoms with Crippen LogP contribution in [-0.4, -0.2) is 15.7 Å². The molecule has 0 fully saturated rings. The minimum absolute atomic E-state index is 0.125. The molecule has 1 rings (SSSR count). The molecule has 0 aromatic carbocycles. The minimum Gasteiger partial charge on any atom is -0.273 e. The number of hydrogen-bond acceptors (Lipinski definition) is 4. The van der Waals surface area contributed by atoms with Crippen molar-refractivity contribution < 1.29 is 4.79 Å². The van der Waals surface area contributed by atoms with Crippen molar-refractivity contribution >= 4 is 5.91 Å². The van der Waals surface area contributed by atoms with Crippen LogP contribution in [0.1, 0.15) is 36.5 Å². The van der Waals surface area contributed by atoms with Crippen LogP contribution in [0.2, 0.25) is 0 Å². The summed E-state index contributed by atoms with van der Waals surface area (Å²) in [4.78, 5) is 12.0. The van der Waals surface area contributed by atoms with Gasteiger partial charge >= 0.3 is 0 Å². The molecular weight excluding hydrogens is 228 g/mol. The zero-order chi connectivity index (χ0) is 13.9. The summed E-state index contributed by atoms with van der Waals surface area (Å²) in [6.45, 7) is 6.90. The smallest absolute Gasteiger partial charge is 0.247 e. The molecule has 1 aromatic rings. The quantitative estimate of drug-likeness (QED) is 0.816. The summed E-state index contributed by atoms with van der Waals surface area (Å²) in [5, 5.41) is 22.1. The Hall–Kier alpha value is -2.14. The average molecular weight is 244 g/mol. The second-order valence-corrected chi connectivity index (χ2v) is 4.76. The number of nitrogens with zero attached hydrogens (tertiary/aromatic N) is 4. The van der Waals surface area contributed by atoms with Crippen molar-refractivity contribution in [3.8, 4) is 12.1 Å². The minimum atomic E-state index is -1.15. The molecule has 94 valence electrons. The summed E-state index contributed by atoms with van der Waals surface area (Å²) in [5.41, 5.74) is 0.392. The first kappa shape index (κ1) is 13.9. The van der Waals surface area contributed by atoms with Crippen molar-refractivity contribution in [2.75, 3.05) is 0 Å². The normalized spacial score (nSPS) is 12.6. The predicted molar refractivity (Wildman–Crippen MR) is 65.4 cm³/mol. The summed E-state index contributed by atoms with van der Waals surface area (Å²) in [5.74, 6) is -0.534. The van der Waals surface area contributed by atoms with Crippen LogP contribution in [0.25, 0.3) is 0 Å². The first-order valence-electron chi connectivity index (χ1n) is 5.73. The largest absolute Gasteiger partial charge is 0.273 e. The van der Waals surface area contributed by atoms with Gasteiger partial charge in [-0.3, -0.25) is 4.79 Å². The first-order valence-corrected chi connectivity index (χ1v) is 5.73. The van der Waals surface area contributed by atoms with E-state index in [1.54, 1.807) is 20.8 Å². The van der Waals surface area contributed by atoms with Gasteiger partial charge in [0, 0.05) is 12.1 Å². The number of carbonyl (C=O) groups is 1. The van der Waals surface area contributed by atoms with E-state index in [1.165, 1.54) is 4.68 Å². The van der Waals surface area contributed by atoms with Crippen LogP contribution in [0.3, 0.4) is 0 Å². The van der Waals surface area contributed by atoms with Crippen LogP contribution in [0.15, 0.2) is 6.07 Å². The molecule has 0 saturated heterocycles. The molecule has 5 heteroatoms. The van der Waals surface area contributed by atoms with Crippen molar-refractivity contribution in [2.45, 2.75) is 34.1 Å². The van der Waals surface area contributed by atoms with Gasteiger partial charge in [-0.1, -0.05) is 6.92 Å². The molecule has 0 N–H and O–H groups in total. The molecule has 0 aliphatic heterocycles. The van der Waals surface area contributed by atoms with E-state index in [-0.39, 0.29) is 18.2 Å². The fourth-order valence-corrected chi connectivity index (χ4v) is 1.68. The maximum absolute atomic E-state index is 12.0. The first-order chi connectivity index (χ1) is 8.34. The van der Waals surface area contributed by atoms with E-state index in [0.717, 1.165) is 11.4 Å². The average Bonchev–Trinajstić information content (AvgIpc) is 2.67. The highest BCUT2D eigenvalue weighted by Gasteiger charge is 2.33. The van der Waals surface area contributed by atoms with Gasteiger partial charge in [-0.15, -0.1) is 0 Å². The molecule has 0 spiro atoms. The topological polar surface area (TPSA) is 82.5 Å². The monoisotopic (exact) mass is 244 g/mol. The van der Waals surface area contributed by atoms with Gasteiger partial charge in [0.05, 0.1) is 17.8 Å². The summed E-state index contributed by atoms with van der Waals surface area (Å²) in [6.07, 6.45) is 0.125. The molecule has 0 bridgehead atoms. The third-order valence-corrected chi connectivity index (χ3v) is 3.18. The van der Waals surface area contributed by atoms with Gasteiger partial charge in [-0.05, 0) is 32.8 Å². The number of nitriles is 2. The van der Waals surface area contributed by atoms with E-state index < -0.39 is 5.41 Å². The second-order valence-electron chi connectivity index (χ2n) is 4.76. The van der Waals surface area contributed by atoms with Crippen LogP contribution in [0.4, 0.5) is 0 Å². The number of rotatable bonds is 3. The molecule has 0 amide bonds. The van der Waals surface area contributed by atoms with Gasteiger partial charge in [0.2, 0.25) is 5.91 Å². The van der Waals surface area contributed by atoms with Gasteiger partial charge < -0.3 is 0 Å². The fourth-order valence-electron chi connectivity index (χ4n) is 1.68. The van der Waals surface area contributed by atoms with Crippen LogP contribution in [0, 0.1) is 47.8 Å². The Morgan fingerprint density at radius 1 is 1.50 bits per heavy atom. The van der Waals surface area contributed by atoms with Gasteiger partial charge in [0.1, 0.15) is 5.41 Å². The van der Waals surface area contributed by atoms with Gasteiger partial charge in [-0.25, -0.2) is 4.68 Å². The molecule has 0 aliphatic rings. The molecule has 0 aliphatic carbocycles. The van der Waals surface area contributed by atoms with Crippen LogP contribution in [0.5, 0.6) is 0 Å². The van der Waals surface area contributed by atoms with Crippen molar-refractivity contribution in [3.05, 3.63) is 17.5 Å². The lowest BCUT2D eigenvalue weighted by Gasteiger charge is -2.20. The highest BCUT2D eigenvalue weighted by Crippen LogP contribution is 2.28. The summed E-state index contributed by atoms with van der Waals surface area (Å²) in [7, 11) is 0. The van der Waals surface area contributed by atoms with E-state index in [4.69, 9.17) is 10.5 Å². The maximum Gasteiger partial charge on any atom is 0.247 e. The third-order valence-electron chi connectivity index (χ3n) is 3.18. The Morgan fingerprint density at radius 2 is 2.06 bits per heavy atom. The predicted octanol–water partition coefficient (Wildman–Crippen LogP) is 2.22. The van der Waals surface area contributed by atoms with E-state index in [0.29, 0.717) is 0 Å². The zero-order valence-corrected chi connectivity index (χ0v) is 11.1. The summed E-state index contributed by atoms with van der Waals surface area (Å²) >= 11 is 0. The molecule has 0 saturated carbocycles. The van der Waals surface area contributed by atoms with E-state index in [9.17, 15) is 4.79 Å². The highest BCUT2D eigenvalue weighted by molar-refractivity contribution is 5.79. The second kappa shape index (κ2) is 5.01. The number of aryl methyl sites for hydroxylation is 2. The Kier molecular flexibility index (Phi) is 3.88. The molecule has 1 unspecified atom stereocenters. The summed E-state index contributed by atoms with van der Waals surface area (Å²) in [6, 6.07) is 5.74. The Morgan fingerprint density at radius 3 is 2.44 bits per heavy atom. The third kappa shape index (κ3) is 2.57. The van der Waals surface area contributed by atoms with Crippen molar-refractivity contribution in [3.63, 3.8) is 0 Å². The Balaban J connectivity index is 2.88. The van der Waals surface area contributed by atoms with Gasteiger partial charge in [-0.2, -0.15) is 15.6 Å². The summed E-state index contributed by atoms with van der Waals surface area (Å²) < 4.78 is 1.33. The van der Waals surface area contributed by atoms with Crippen molar-refractivity contribution in [1.29, 1.82) is 10.5 Å².